The van der Waals surface area contributed by atoms with Gasteiger partial charge in [-0.25, -0.2) is 8.42 Å². The molecule has 3 aromatic carbocycles. The molecule has 3 aromatic rings. The fourth-order valence-corrected chi connectivity index (χ4v) is 6.22. The summed E-state index contributed by atoms with van der Waals surface area (Å²) < 4.78 is 28.5. The maximum atomic E-state index is 14.1. The van der Waals surface area contributed by atoms with E-state index in [1.54, 1.807) is 43.3 Å². The molecule has 0 aliphatic rings. The first-order valence-corrected chi connectivity index (χ1v) is 15.5. The summed E-state index contributed by atoms with van der Waals surface area (Å²) in [7, 11) is -4.31. The minimum atomic E-state index is -4.31. The highest BCUT2D eigenvalue weighted by Gasteiger charge is 2.34. The monoisotopic (exact) mass is 634 g/mol. The number of hydrogen-bond acceptors (Lipinski definition) is 6. The van der Waals surface area contributed by atoms with Crippen molar-refractivity contribution in [3.05, 3.63) is 98.5 Å². The molecule has 0 saturated heterocycles. The van der Waals surface area contributed by atoms with Crippen molar-refractivity contribution in [2.24, 2.45) is 0 Å². The number of unbranched alkanes of at least 4 members (excludes halogenated alkanes) is 1. The molecule has 1 atom stereocenters. The van der Waals surface area contributed by atoms with Gasteiger partial charge in [0.15, 0.2) is 0 Å². The molecule has 3 rings (SSSR count). The number of nitrogens with zero attached hydrogens (tertiary/aromatic N) is 3. The van der Waals surface area contributed by atoms with Gasteiger partial charge in [-0.1, -0.05) is 67.7 Å². The predicted octanol–water partition coefficient (Wildman–Crippen LogP) is 5.82. The van der Waals surface area contributed by atoms with Crippen molar-refractivity contribution in [2.75, 3.05) is 17.4 Å². The number of rotatable bonds is 14. The molecule has 0 aromatic heterocycles. The van der Waals surface area contributed by atoms with Gasteiger partial charge in [-0.15, -0.1) is 0 Å². The van der Waals surface area contributed by atoms with Crippen molar-refractivity contribution in [1.29, 1.82) is 0 Å². The molecule has 0 saturated carbocycles. The summed E-state index contributed by atoms with van der Waals surface area (Å²) in [4.78, 5) is 39.1. The lowest BCUT2D eigenvalue weighted by Gasteiger charge is -2.33. The minimum absolute atomic E-state index is 0.0361. The van der Waals surface area contributed by atoms with Crippen LogP contribution < -0.4 is 9.62 Å². The molecular formula is C29H32Cl2N4O6S. The fourth-order valence-electron chi connectivity index (χ4n) is 4.27. The largest absolute Gasteiger partial charge is 0.354 e. The number of benzene rings is 3. The van der Waals surface area contributed by atoms with E-state index in [0.717, 1.165) is 29.3 Å². The zero-order chi connectivity index (χ0) is 30.9. The molecule has 0 bridgehead atoms. The Hall–Kier alpha value is -3.67. The van der Waals surface area contributed by atoms with Gasteiger partial charge in [0.1, 0.15) is 12.6 Å². The molecule has 0 unspecified atom stereocenters. The maximum absolute atomic E-state index is 14.1. The predicted molar refractivity (Wildman–Crippen MR) is 163 cm³/mol. The molecule has 0 fully saturated rings. The van der Waals surface area contributed by atoms with E-state index in [1.807, 2.05) is 6.92 Å². The summed E-state index contributed by atoms with van der Waals surface area (Å²) in [5, 5.41) is 14.6. The van der Waals surface area contributed by atoms with E-state index < -0.39 is 39.3 Å². The highest BCUT2D eigenvalue weighted by atomic mass is 35.5. The second-order valence-corrected chi connectivity index (χ2v) is 12.1. The molecule has 0 aliphatic heterocycles. The van der Waals surface area contributed by atoms with Crippen LogP contribution in [0, 0.1) is 10.1 Å². The number of carbonyl (C=O) groups excluding carboxylic acids is 2. The van der Waals surface area contributed by atoms with Crippen LogP contribution in [0.2, 0.25) is 10.0 Å². The summed E-state index contributed by atoms with van der Waals surface area (Å²) in [6.07, 6.45) is 1.83. The Morgan fingerprint density at radius 3 is 2.12 bits per heavy atom. The van der Waals surface area contributed by atoms with Gasteiger partial charge in [-0.3, -0.25) is 24.0 Å². The Labute approximate surface area is 255 Å². The smallest absolute Gasteiger partial charge is 0.269 e. The van der Waals surface area contributed by atoms with Crippen LogP contribution >= 0.6 is 23.2 Å². The Kier molecular flexibility index (Phi) is 11.7. The highest BCUT2D eigenvalue weighted by Crippen LogP contribution is 2.29. The summed E-state index contributed by atoms with van der Waals surface area (Å²) in [5.74, 6) is -1.09. The number of non-ortho nitro benzene ring substituents is 1. The molecule has 10 nitrogen and oxygen atoms in total. The standard InChI is InChI=1S/C29H32Cl2N4O6S/c1-3-5-18-32-29(37)27(4-2)33(19-24-25(30)12-9-13-26(24)31)28(36)20-34(21-14-16-22(17-15-21)35(38)39)42(40,41)23-10-7-6-8-11-23/h6-17,27H,3-5,18-20H2,1-2H3,(H,32,37)/t27-/m1/s1. The van der Waals surface area contributed by atoms with Crippen molar-refractivity contribution in [2.45, 2.75) is 50.6 Å². The maximum Gasteiger partial charge on any atom is 0.269 e. The number of halogens is 2. The molecule has 1 N–H and O–H groups in total. The number of sulfonamides is 1. The number of nitro benzene ring substituents is 1. The first kappa shape index (κ1) is 32.8. The molecule has 0 radical (unpaired) electrons. The van der Waals surface area contributed by atoms with E-state index in [2.05, 4.69) is 5.32 Å². The average Bonchev–Trinajstić information content (AvgIpc) is 2.97. The Morgan fingerprint density at radius 2 is 1.57 bits per heavy atom. The lowest BCUT2D eigenvalue weighted by atomic mass is 10.1. The molecule has 42 heavy (non-hydrogen) atoms. The Morgan fingerprint density at radius 1 is 0.952 bits per heavy atom. The first-order chi connectivity index (χ1) is 20.0. The van der Waals surface area contributed by atoms with Gasteiger partial charge >= 0.3 is 0 Å². The topological polar surface area (TPSA) is 130 Å². The number of carbonyl (C=O) groups is 2. The quantitative estimate of drug-likeness (QED) is 0.135. The van der Waals surface area contributed by atoms with Crippen LogP contribution in [-0.4, -0.2) is 49.2 Å². The summed E-state index contributed by atoms with van der Waals surface area (Å²) >= 11 is 12.8. The van der Waals surface area contributed by atoms with Crippen LogP contribution in [0.4, 0.5) is 11.4 Å². The SMILES string of the molecule is CCCCNC(=O)[C@@H](CC)N(Cc1c(Cl)cccc1Cl)C(=O)CN(c1ccc([N+](=O)[O-])cc1)S(=O)(=O)c1ccccc1. The summed E-state index contributed by atoms with van der Waals surface area (Å²) in [5.41, 5.74) is 0.197. The summed E-state index contributed by atoms with van der Waals surface area (Å²) in [6, 6.07) is 16.3. The zero-order valence-corrected chi connectivity index (χ0v) is 25.5. The molecular weight excluding hydrogens is 603 g/mol. The third kappa shape index (κ3) is 7.99. The first-order valence-electron chi connectivity index (χ1n) is 13.3. The van der Waals surface area contributed by atoms with Crippen molar-refractivity contribution >= 4 is 56.4 Å². The van der Waals surface area contributed by atoms with Crippen LogP contribution in [0.1, 0.15) is 38.7 Å². The number of amides is 2. The lowest BCUT2D eigenvalue weighted by Crippen LogP contribution is -2.52. The van der Waals surface area contributed by atoms with Crippen molar-refractivity contribution < 1.29 is 22.9 Å². The van der Waals surface area contributed by atoms with Crippen LogP contribution in [0.3, 0.4) is 0 Å². The third-order valence-electron chi connectivity index (χ3n) is 6.56. The van der Waals surface area contributed by atoms with Crippen LogP contribution in [0.15, 0.2) is 77.7 Å². The number of nitrogens with one attached hydrogen (secondary N) is 1. The van der Waals surface area contributed by atoms with E-state index in [9.17, 15) is 28.1 Å². The molecule has 0 spiro atoms. The van der Waals surface area contributed by atoms with E-state index in [-0.39, 0.29) is 39.3 Å². The van der Waals surface area contributed by atoms with E-state index in [4.69, 9.17) is 23.2 Å². The minimum Gasteiger partial charge on any atom is -0.354 e. The molecule has 224 valence electrons. The second-order valence-electron chi connectivity index (χ2n) is 9.39. The molecule has 0 heterocycles. The van der Waals surface area contributed by atoms with Gasteiger partial charge in [0.2, 0.25) is 11.8 Å². The Bertz CT molecular complexity index is 1480. The third-order valence-corrected chi connectivity index (χ3v) is 9.06. The molecule has 13 heteroatoms. The van der Waals surface area contributed by atoms with Gasteiger partial charge in [0.25, 0.3) is 15.7 Å². The normalized spacial score (nSPS) is 11.9. The van der Waals surface area contributed by atoms with Gasteiger partial charge in [-0.2, -0.15) is 0 Å². The van der Waals surface area contributed by atoms with Gasteiger partial charge in [-0.05, 0) is 49.2 Å². The molecule has 0 aliphatic carbocycles. The van der Waals surface area contributed by atoms with Gasteiger partial charge in [0.05, 0.1) is 15.5 Å². The summed E-state index contributed by atoms with van der Waals surface area (Å²) in [6.45, 7) is 3.29. The Balaban J connectivity index is 2.08. The number of nitro groups is 1. The zero-order valence-electron chi connectivity index (χ0n) is 23.2. The van der Waals surface area contributed by atoms with Crippen molar-refractivity contribution in [3.63, 3.8) is 0 Å². The lowest BCUT2D eigenvalue weighted by molar-refractivity contribution is -0.384. The highest BCUT2D eigenvalue weighted by molar-refractivity contribution is 7.92. The van der Waals surface area contributed by atoms with E-state index in [1.165, 1.54) is 29.2 Å². The van der Waals surface area contributed by atoms with Crippen molar-refractivity contribution in [3.8, 4) is 0 Å². The van der Waals surface area contributed by atoms with Gasteiger partial charge < -0.3 is 10.2 Å². The second kappa shape index (κ2) is 15.0. The number of anilines is 1. The van der Waals surface area contributed by atoms with Crippen LogP contribution in [-0.2, 0) is 26.2 Å². The molecule has 2 amide bonds. The van der Waals surface area contributed by atoms with Crippen molar-refractivity contribution in [1.82, 2.24) is 10.2 Å². The fraction of sp³-hybridized carbons (Fsp3) is 0.310. The van der Waals surface area contributed by atoms with Crippen LogP contribution in [0.5, 0.6) is 0 Å². The van der Waals surface area contributed by atoms with Gasteiger partial charge in [0, 0.05) is 40.8 Å². The average molecular weight is 636 g/mol. The number of hydrogen-bond donors (Lipinski definition) is 1. The van der Waals surface area contributed by atoms with Crippen LogP contribution in [0.25, 0.3) is 0 Å². The van der Waals surface area contributed by atoms with E-state index in [0.29, 0.717) is 12.1 Å². The van der Waals surface area contributed by atoms with E-state index >= 15 is 0 Å².